The lowest BCUT2D eigenvalue weighted by Crippen LogP contribution is -2.39. The topological polar surface area (TPSA) is 72.3 Å². The molecule has 0 atom stereocenters. The Morgan fingerprint density at radius 2 is 1.95 bits per heavy atom. The van der Waals surface area contributed by atoms with Gasteiger partial charge in [0.1, 0.15) is 0 Å². The lowest BCUT2D eigenvalue weighted by atomic mass is 9.90. The number of primary amides is 1. The normalized spacial score (nSPS) is 23.1. The molecule has 0 aliphatic heterocycles. The molecular weight excluding hydrogens is 262 g/mol. The van der Waals surface area contributed by atoms with Gasteiger partial charge in [-0.05, 0) is 43.9 Å². The molecule has 1 aliphatic carbocycles. The number of halogens is 1. The molecule has 0 bridgehead atoms. The highest BCUT2D eigenvalue weighted by Crippen LogP contribution is 2.30. The van der Waals surface area contributed by atoms with Crippen LogP contribution in [-0.2, 0) is 0 Å². The van der Waals surface area contributed by atoms with Crippen molar-refractivity contribution in [2.24, 2.45) is 11.5 Å². The van der Waals surface area contributed by atoms with E-state index in [1.54, 1.807) is 18.2 Å². The number of carbonyl (C=O) groups excluding carboxylic acids is 1. The SMILES string of the molecule is CN(c1cc(Cl)ccc1C(N)=O)C1CCC(N)CC1. The average molecular weight is 282 g/mol. The second kappa shape index (κ2) is 5.80. The number of nitrogens with two attached hydrogens (primary N) is 2. The van der Waals surface area contributed by atoms with Crippen LogP contribution in [0.2, 0.25) is 5.02 Å². The number of hydrogen-bond donors (Lipinski definition) is 2. The van der Waals surface area contributed by atoms with Crippen LogP contribution in [0.5, 0.6) is 0 Å². The van der Waals surface area contributed by atoms with Gasteiger partial charge < -0.3 is 16.4 Å². The predicted molar refractivity (Wildman–Crippen MR) is 78.6 cm³/mol. The highest BCUT2D eigenvalue weighted by Gasteiger charge is 2.24. The molecule has 1 aliphatic rings. The van der Waals surface area contributed by atoms with Gasteiger partial charge in [0.15, 0.2) is 0 Å². The van der Waals surface area contributed by atoms with E-state index in [9.17, 15) is 4.79 Å². The third kappa shape index (κ3) is 3.19. The zero-order chi connectivity index (χ0) is 14.0. The Hall–Kier alpha value is -1.26. The third-order valence-corrected chi connectivity index (χ3v) is 4.13. The fraction of sp³-hybridized carbons (Fsp3) is 0.500. The molecule has 0 heterocycles. The Kier molecular flexibility index (Phi) is 4.32. The maximum Gasteiger partial charge on any atom is 0.250 e. The van der Waals surface area contributed by atoms with Gasteiger partial charge in [0.05, 0.1) is 11.3 Å². The summed E-state index contributed by atoms with van der Waals surface area (Å²) < 4.78 is 0. The van der Waals surface area contributed by atoms with E-state index < -0.39 is 5.91 Å². The summed E-state index contributed by atoms with van der Waals surface area (Å²) >= 11 is 6.03. The summed E-state index contributed by atoms with van der Waals surface area (Å²) in [6, 6.07) is 5.87. The first-order chi connectivity index (χ1) is 8.99. The van der Waals surface area contributed by atoms with Crippen molar-refractivity contribution in [3.63, 3.8) is 0 Å². The summed E-state index contributed by atoms with van der Waals surface area (Å²) in [5.41, 5.74) is 12.7. The molecule has 0 saturated heterocycles. The lowest BCUT2D eigenvalue weighted by Gasteiger charge is -2.35. The number of anilines is 1. The average Bonchev–Trinajstić information content (AvgIpc) is 2.38. The molecule has 19 heavy (non-hydrogen) atoms. The summed E-state index contributed by atoms with van der Waals surface area (Å²) in [6.45, 7) is 0. The number of nitrogens with zero attached hydrogens (tertiary/aromatic N) is 1. The van der Waals surface area contributed by atoms with Crippen molar-refractivity contribution in [3.8, 4) is 0 Å². The smallest absolute Gasteiger partial charge is 0.250 e. The van der Waals surface area contributed by atoms with E-state index in [2.05, 4.69) is 4.90 Å². The van der Waals surface area contributed by atoms with Crippen molar-refractivity contribution < 1.29 is 4.79 Å². The zero-order valence-electron chi connectivity index (χ0n) is 11.1. The van der Waals surface area contributed by atoms with Crippen LogP contribution in [0.15, 0.2) is 18.2 Å². The van der Waals surface area contributed by atoms with Crippen molar-refractivity contribution in [1.82, 2.24) is 0 Å². The van der Waals surface area contributed by atoms with Crippen LogP contribution in [0.3, 0.4) is 0 Å². The fourth-order valence-corrected chi connectivity index (χ4v) is 2.86. The Balaban J connectivity index is 2.25. The third-order valence-electron chi connectivity index (χ3n) is 3.89. The van der Waals surface area contributed by atoms with Crippen molar-refractivity contribution in [2.75, 3.05) is 11.9 Å². The molecule has 1 saturated carbocycles. The largest absolute Gasteiger partial charge is 0.371 e. The van der Waals surface area contributed by atoms with Crippen LogP contribution in [0.4, 0.5) is 5.69 Å². The number of amides is 1. The van der Waals surface area contributed by atoms with Gasteiger partial charge in [-0.2, -0.15) is 0 Å². The van der Waals surface area contributed by atoms with E-state index in [1.165, 1.54) is 0 Å². The highest BCUT2D eigenvalue weighted by atomic mass is 35.5. The van der Waals surface area contributed by atoms with Gasteiger partial charge in [0, 0.05) is 24.2 Å². The Morgan fingerprint density at radius 1 is 1.32 bits per heavy atom. The van der Waals surface area contributed by atoms with Crippen LogP contribution in [-0.4, -0.2) is 25.0 Å². The summed E-state index contributed by atoms with van der Waals surface area (Å²) in [6.07, 6.45) is 4.09. The van der Waals surface area contributed by atoms with Gasteiger partial charge in [0.25, 0.3) is 5.91 Å². The predicted octanol–water partition coefficient (Wildman–Crippen LogP) is 2.14. The van der Waals surface area contributed by atoms with Crippen LogP contribution in [0, 0.1) is 0 Å². The van der Waals surface area contributed by atoms with E-state index in [0.29, 0.717) is 22.7 Å². The maximum atomic E-state index is 11.5. The Morgan fingerprint density at radius 3 is 2.53 bits per heavy atom. The first-order valence-electron chi connectivity index (χ1n) is 6.57. The molecule has 4 nitrogen and oxygen atoms in total. The molecule has 2 rings (SSSR count). The van der Waals surface area contributed by atoms with Gasteiger partial charge in [-0.15, -0.1) is 0 Å². The first-order valence-corrected chi connectivity index (χ1v) is 6.94. The number of benzene rings is 1. The molecule has 0 spiro atoms. The minimum absolute atomic E-state index is 0.305. The van der Waals surface area contributed by atoms with Crippen molar-refractivity contribution in [2.45, 2.75) is 37.8 Å². The van der Waals surface area contributed by atoms with Crippen molar-refractivity contribution in [1.29, 1.82) is 0 Å². The lowest BCUT2D eigenvalue weighted by molar-refractivity contribution is 0.100. The van der Waals surface area contributed by atoms with Crippen molar-refractivity contribution >= 4 is 23.2 Å². The van der Waals surface area contributed by atoms with Gasteiger partial charge >= 0.3 is 0 Å². The standard InChI is InChI=1S/C14H20ClN3O/c1-18(11-5-3-10(16)4-6-11)13-8-9(15)2-7-12(13)14(17)19/h2,7-8,10-11H,3-6,16H2,1H3,(H2,17,19). The molecule has 0 radical (unpaired) electrons. The van der Waals surface area contributed by atoms with E-state index in [-0.39, 0.29) is 0 Å². The maximum absolute atomic E-state index is 11.5. The summed E-state index contributed by atoms with van der Waals surface area (Å²) in [4.78, 5) is 13.6. The quantitative estimate of drug-likeness (QED) is 0.892. The van der Waals surface area contributed by atoms with Crippen LogP contribution < -0.4 is 16.4 Å². The Bertz CT molecular complexity index is 470. The Labute approximate surface area is 118 Å². The van der Waals surface area contributed by atoms with Gasteiger partial charge in [0.2, 0.25) is 0 Å². The van der Waals surface area contributed by atoms with E-state index >= 15 is 0 Å². The second-order valence-electron chi connectivity index (χ2n) is 5.21. The molecule has 1 aromatic carbocycles. The van der Waals surface area contributed by atoms with Gasteiger partial charge in [-0.1, -0.05) is 11.6 Å². The molecular formula is C14H20ClN3O. The molecule has 0 unspecified atom stereocenters. The van der Waals surface area contributed by atoms with Crippen molar-refractivity contribution in [3.05, 3.63) is 28.8 Å². The van der Waals surface area contributed by atoms with Gasteiger partial charge in [-0.3, -0.25) is 4.79 Å². The van der Waals surface area contributed by atoms with E-state index in [4.69, 9.17) is 23.1 Å². The molecule has 4 N–H and O–H groups in total. The minimum Gasteiger partial charge on any atom is -0.371 e. The van der Waals surface area contributed by atoms with E-state index in [1.807, 2.05) is 7.05 Å². The second-order valence-corrected chi connectivity index (χ2v) is 5.64. The van der Waals surface area contributed by atoms with Gasteiger partial charge in [-0.25, -0.2) is 0 Å². The highest BCUT2D eigenvalue weighted by molar-refractivity contribution is 6.31. The minimum atomic E-state index is -0.425. The number of carbonyl (C=O) groups is 1. The molecule has 5 heteroatoms. The summed E-state index contributed by atoms with van der Waals surface area (Å²) in [5, 5.41) is 0.611. The monoisotopic (exact) mass is 281 g/mol. The first kappa shape index (κ1) is 14.2. The molecule has 1 amide bonds. The van der Waals surface area contributed by atoms with Crippen LogP contribution in [0.1, 0.15) is 36.0 Å². The molecule has 104 valence electrons. The van der Waals surface area contributed by atoms with Crippen LogP contribution in [0.25, 0.3) is 0 Å². The number of hydrogen-bond acceptors (Lipinski definition) is 3. The summed E-state index contributed by atoms with van der Waals surface area (Å²) in [5.74, 6) is -0.425. The number of rotatable bonds is 3. The van der Waals surface area contributed by atoms with Crippen LogP contribution >= 0.6 is 11.6 Å². The zero-order valence-corrected chi connectivity index (χ0v) is 11.9. The fourth-order valence-electron chi connectivity index (χ4n) is 2.69. The molecule has 1 aromatic rings. The molecule has 1 fully saturated rings. The summed E-state index contributed by atoms with van der Waals surface area (Å²) in [7, 11) is 1.99. The molecule has 0 aromatic heterocycles. The van der Waals surface area contributed by atoms with E-state index in [0.717, 1.165) is 31.4 Å².